The summed E-state index contributed by atoms with van der Waals surface area (Å²) in [7, 11) is 0. The van der Waals surface area contributed by atoms with Crippen molar-refractivity contribution in [3.05, 3.63) is 36.7 Å². The lowest BCUT2D eigenvalue weighted by atomic mass is 9.64. The van der Waals surface area contributed by atoms with Crippen molar-refractivity contribution in [1.29, 1.82) is 0 Å². The molecule has 1 saturated carbocycles. The Morgan fingerprint density at radius 3 is 2.49 bits per heavy atom. The predicted molar refractivity (Wildman–Crippen MR) is 147 cm³/mol. The minimum atomic E-state index is -1.41. The number of hydrogen-bond acceptors (Lipinski definition) is 7. The van der Waals surface area contributed by atoms with Crippen LogP contribution in [0, 0.1) is 17.3 Å². The van der Waals surface area contributed by atoms with Crippen LogP contribution in [0.5, 0.6) is 0 Å². The Bertz CT molecular complexity index is 1450. The molecule has 202 valence electrons. The summed E-state index contributed by atoms with van der Waals surface area (Å²) in [5.41, 5.74) is 1.84. The van der Waals surface area contributed by atoms with E-state index in [-0.39, 0.29) is 17.2 Å². The van der Waals surface area contributed by atoms with Gasteiger partial charge in [-0.25, -0.2) is 9.97 Å². The molecule has 2 aliphatic heterocycles. The number of H-pyrrole nitrogens is 1. The molecule has 0 radical (unpaired) electrons. The Morgan fingerprint density at radius 1 is 1.08 bits per heavy atom. The molecule has 1 aliphatic carbocycles. The second kappa shape index (κ2) is 9.98. The number of nitrogens with one attached hydrogen (secondary N) is 2. The lowest BCUT2D eigenvalue weighted by Crippen LogP contribution is -2.61. The highest BCUT2D eigenvalue weighted by atomic mass is 16.5. The second-order valence-corrected chi connectivity index (χ2v) is 10.8. The van der Waals surface area contributed by atoms with Gasteiger partial charge in [0.05, 0.1) is 18.6 Å². The van der Waals surface area contributed by atoms with E-state index in [0.717, 1.165) is 41.2 Å². The van der Waals surface area contributed by atoms with Gasteiger partial charge < -0.3 is 29.9 Å². The number of hydrogen-bond donors (Lipinski definition) is 3. The van der Waals surface area contributed by atoms with Gasteiger partial charge >= 0.3 is 0 Å². The Hall–Kier alpha value is -3.94. The SMILES string of the molecule is CC#CC(=O)N1CC2(CCC(O)(C(=O)Nc3ccc(-c4cc5c(N6CCOCC6)ncnc5[nH]4)cc3)CC2)C1. The van der Waals surface area contributed by atoms with Gasteiger partial charge in [-0.3, -0.25) is 9.59 Å². The number of rotatable bonds is 4. The monoisotopic (exact) mass is 528 g/mol. The summed E-state index contributed by atoms with van der Waals surface area (Å²) in [6.45, 7) is 5.89. The molecule has 0 unspecified atom stereocenters. The van der Waals surface area contributed by atoms with Crippen LogP contribution in [0.25, 0.3) is 22.3 Å². The fraction of sp³-hybridized carbons (Fsp3) is 0.448. The molecule has 3 N–H and O–H groups in total. The summed E-state index contributed by atoms with van der Waals surface area (Å²) < 4.78 is 5.47. The van der Waals surface area contributed by atoms with Crippen LogP contribution in [0.4, 0.5) is 11.5 Å². The lowest BCUT2D eigenvalue weighted by Gasteiger charge is -2.54. The summed E-state index contributed by atoms with van der Waals surface area (Å²) in [4.78, 5) is 41.3. The predicted octanol–water partition coefficient (Wildman–Crippen LogP) is 2.56. The standard InChI is InChI=1S/C29H32N6O4/c1-2-3-24(36)35-17-28(18-35)8-10-29(38,11-9-28)27(37)32-21-6-4-20(5-7-21)23-16-22-25(33-23)30-19-31-26(22)34-12-14-39-15-13-34/h4-7,16,19,38H,8-15,17-18H2,1H3,(H,32,37)(H,30,31,33). The number of aliphatic hydroxyl groups is 1. The molecule has 1 spiro atoms. The van der Waals surface area contributed by atoms with E-state index >= 15 is 0 Å². The zero-order valence-electron chi connectivity index (χ0n) is 22.0. The first-order chi connectivity index (χ1) is 18.9. The third-order valence-electron chi connectivity index (χ3n) is 8.30. The topological polar surface area (TPSA) is 124 Å². The Kier molecular flexibility index (Phi) is 6.49. The maximum atomic E-state index is 13.0. The lowest BCUT2D eigenvalue weighted by molar-refractivity contribution is -0.152. The van der Waals surface area contributed by atoms with Crippen LogP contribution >= 0.6 is 0 Å². The smallest absolute Gasteiger partial charge is 0.298 e. The maximum absolute atomic E-state index is 13.0. The molecule has 39 heavy (non-hydrogen) atoms. The Morgan fingerprint density at radius 2 is 1.79 bits per heavy atom. The molecule has 4 heterocycles. The van der Waals surface area contributed by atoms with Crippen molar-refractivity contribution in [3.63, 3.8) is 0 Å². The largest absolute Gasteiger partial charge is 0.380 e. The van der Waals surface area contributed by atoms with Crippen molar-refractivity contribution in [2.75, 3.05) is 49.6 Å². The molecule has 2 aromatic heterocycles. The van der Waals surface area contributed by atoms with E-state index in [1.165, 1.54) is 0 Å². The first kappa shape index (κ1) is 25.3. The molecular formula is C29H32N6O4. The number of likely N-dealkylation sites (tertiary alicyclic amines) is 1. The first-order valence-electron chi connectivity index (χ1n) is 13.4. The number of fused-ring (bicyclic) bond motifs is 1. The van der Waals surface area contributed by atoms with Crippen LogP contribution < -0.4 is 10.2 Å². The number of aromatic nitrogens is 3. The van der Waals surface area contributed by atoms with Gasteiger partial charge in [0.25, 0.3) is 11.8 Å². The van der Waals surface area contributed by atoms with E-state index in [1.54, 1.807) is 18.2 Å². The minimum Gasteiger partial charge on any atom is -0.380 e. The summed E-state index contributed by atoms with van der Waals surface area (Å²) in [6.07, 6.45) is 3.73. The summed E-state index contributed by atoms with van der Waals surface area (Å²) in [5, 5.41) is 15.0. The van der Waals surface area contributed by atoms with Crippen molar-refractivity contribution in [2.24, 2.45) is 5.41 Å². The average Bonchev–Trinajstić information content (AvgIpc) is 3.38. The molecular weight excluding hydrogens is 496 g/mol. The molecule has 3 aromatic rings. The van der Waals surface area contributed by atoms with Crippen LogP contribution in [-0.4, -0.2) is 81.8 Å². The van der Waals surface area contributed by atoms with Gasteiger partial charge in [-0.05, 0) is 62.3 Å². The number of amides is 2. The number of anilines is 2. The highest BCUT2D eigenvalue weighted by molar-refractivity contribution is 5.98. The van der Waals surface area contributed by atoms with E-state index in [2.05, 4.69) is 43.1 Å². The van der Waals surface area contributed by atoms with Crippen LogP contribution in [0.1, 0.15) is 32.6 Å². The van der Waals surface area contributed by atoms with Crippen LogP contribution in [0.3, 0.4) is 0 Å². The third kappa shape index (κ3) is 4.84. The molecule has 10 heteroatoms. The van der Waals surface area contributed by atoms with Gasteiger partial charge in [0.15, 0.2) is 0 Å². The summed E-state index contributed by atoms with van der Waals surface area (Å²) in [6, 6.07) is 9.59. The molecule has 6 rings (SSSR count). The molecule has 3 aliphatic rings. The number of carbonyl (C=O) groups excluding carboxylic acids is 2. The first-order valence-corrected chi connectivity index (χ1v) is 13.4. The maximum Gasteiger partial charge on any atom is 0.298 e. The zero-order valence-corrected chi connectivity index (χ0v) is 22.0. The number of aromatic amines is 1. The quantitative estimate of drug-likeness (QED) is 0.445. The van der Waals surface area contributed by atoms with Crippen molar-refractivity contribution in [2.45, 2.75) is 38.2 Å². The number of carbonyl (C=O) groups is 2. The van der Waals surface area contributed by atoms with E-state index in [1.807, 2.05) is 24.3 Å². The van der Waals surface area contributed by atoms with Gasteiger partial charge in [-0.15, -0.1) is 0 Å². The minimum absolute atomic E-state index is 0.00909. The molecule has 0 atom stereocenters. The van der Waals surface area contributed by atoms with Gasteiger partial charge in [0, 0.05) is 43.0 Å². The fourth-order valence-corrected chi connectivity index (χ4v) is 5.92. The number of nitrogens with zero attached hydrogens (tertiary/aromatic N) is 4. The molecule has 2 amide bonds. The van der Waals surface area contributed by atoms with Gasteiger partial charge in [-0.1, -0.05) is 18.1 Å². The third-order valence-corrected chi connectivity index (χ3v) is 8.30. The van der Waals surface area contributed by atoms with Crippen LogP contribution in [0.2, 0.25) is 0 Å². The van der Waals surface area contributed by atoms with Crippen LogP contribution in [-0.2, 0) is 14.3 Å². The van der Waals surface area contributed by atoms with Crippen molar-refractivity contribution in [1.82, 2.24) is 19.9 Å². The van der Waals surface area contributed by atoms with E-state index < -0.39 is 5.60 Å². The van der Waals surface area contributed by atoms with E-state index in [9.17, 15) is 14.7 Å². The highest BCUT2D eigenvalue weighted by Gasteiger charge is 2.52. The zero-order chi connectivity index (χ0) is 27.0. The van der Waals surface area contributed by atoms with Gasteiger partial charge in [-0.2, -0.15) is 0 Å². The molecule has 1 aromatic carbocycles. The summed E-state index contributed by atoms with van der Waals surface area (Å²) in [5.74, 6) is 5.59. The fourth-order valence-electron chi connectivity index (χ4n) is 5.92. The Balaban J connectivity index is 1.09. The van der Waals surface area contributed by atoms with Gasteiger partial charge in [0.1, 0.15) is 23.4 Å². The van der Waals surface area contributed by atoms with Gasteiger partial charge in [0.2, 0.25) is 0 Å². The normalized spacial score (nSPS) is 19.7. The highest BCUT2D eigenvalue weighted by Crippen LogP contribution is 2.47. The van der Waals surface area contributed by atoms with Crippen molar-refractivity contribution < 1.29 is 19.4 Å². The Labute approximate surface area is 226 Å². The van der Waals surface area contributed by atoms with Crippen molar-refractivity contribution >= 4 is 34.4 Å². The molecule has 10 nitrogen and oxygen atoms in total. The van der Waals surface area contributed by atoms with E-state index in [0.29, 0.717) is 57.7 Å². The number of ether oxygens (including phenoxy) is 1. The molecule has 0 bridgehead atoms. The average molecular weight is 529 g/mol. The number of morpholine rings is 1. The van der Waals surface area contributed by atoms with Crippen LogP contribution in [0.15, 0.2) is 36.7 Å². The molecule has 3 fully saturated rings. The van der Waals surface area contributed by atoms with E-state index in [4.69, 9.17) is 4.74 Å². The van der Waals surface area contributed by atoms with Crippen molar-refractivity contribution in [3.8, 4) is 23.1 Å². The number of benzene rings is 1. The molecule has 2 saturated heterocycles. The summed E-state index contributed by atoms with van der Waals surface area (Å²) >= 11 is 0. The second-order valence-electron chi connectivity index (χ2n) is 10.8.